The van der Waals surface area contributed by atoms with Crippen molar-refractivity contribution in [1.82, 2.24) is 0 Å². The van der Waals surface area contributed by atoms with E-state index < -0.39 is 0 Å². The zero-order chi connectivity index (χ0) is 13.2. The van der Waals surface area contributed by atoms with Gasteiger partial charge in [0.05, 0.1) is 6.10 Å². The van der Waals surface area contributed by atoms with Crippen LogP contribution in [0.15, 0.2) is 30.3 Å². The SMILES string of the molecule is CCCCCC(CCC(=O)Cl)Oc1ccccc1. The Morgan fingerprint density at radius 2 is 1.94 bits per heavy atom. The molecule has 0 saturated heterocycles. The number of rotatable bonds is 9. The van der Waals surface area contributed by atoms with Gasteiger partial charge in [0, 0.05) is 6.42 Å². The molecule has 0 bridgehead atoms. The second kappa shape index (κ2) is 8.98. The maximum atomic E-state index is 10.8. The molecule has 1 aromatic carbocycles. The van der Waals surface area contributed by atoms with Crippen LogP contribution in [0, 0.1) is 0 Å². The first-order chi connectivity index (χ1) is 8.72. The van der Waals surface area contributed by atoms with Gasteiger partial charge in [-0.15, -0.1) is 0 Å². The Morgan fingerprint density at radius 1 is 1.22 bits per heavy atom. The molecular weight excluding hydrogens is 248 g/mol. The summed E-state index contributed by atoms with van der Waals surface area (Å²) in [6, 6.07) is 9.74. The Hall–Kier alpha value is -1.02. The highest BCUT2D eigenvalue weighted by Gasteiger charge is 2.12. The predicted molar refractivity (Wildman–Crippen MR) is 75.1 cm³/mol. The molecule has 100 valence electrons. The van der Waals surface area contributed by atoms with E-state index in [0.717, 1.165) is 18.6 Å². The number of para-hydroxylation sites is 1. The minimum absolute atomic E-state index is 0.0849. The van der Waals surface area contributed by atoms with Crippen molar-refractivity contribution in [2.45, 2.75) is 51.6 Å². The van der Waals surface area contributed by atoms with E-state index in [4.69, 9.17) is 16.3 Å². The Bertz CT molecular complexity index is 338. The first-order valence-corrected chi connectivity index (χ1v) is 7.00. The highest BCUT2D eigenvalue weighted by Crippen LogP contribution is 2.18. The van der Waals surface area contributed by atoms with Gasteiger partial charge in [0.1, 0.15) is 5.75 Å². The third-order valence-electron chi connectivity index (χ3n) is 2.84. The Morgan fingerprint density at radius 3 is 2.56 bits per heavy atom. The van der Waals surface area contributed by atoms with Crippen molar-refractivity contribution in [2.24, 2.45) is 0 Å². The highest BCUT2D eigenvalue weighted by atomic mass is 35.5. The molecule has 0 heterocycles. The molecule has 0 radical (unpaired) electrons. The van der Waals surface area contributed by atoms with E-state index >= 15 is 0 Å². The van der Waals surface area contributed by atoms with Crippen LogP contribution in [0.2, 0.25) is 0 Å². The van der Waals surface area contributed by atoms with E-state index in [2.05, 4.69) is 6.92 Å². The largest absolute Gasteiger partial charge is 0.490 e. The summed E-state index contributed by atoms with van der Waals surface area (Å²) in [4.78, 5) is 10.8. The van der Waals surface area contributed by atoms with Crippen LogP contribution in [-0.4, -0.2) is 11.3 Å². The average Bonchev–Trinajstić information content (AvgIpc) is 2.37. The van der Waals surface area contributed by atoms with Crippen LogP contribution >= 0.6 is 11.6 Å². The fourth-order valence-electron chi connectivity index (χ4n) is 1.85. The summed E-state index contributed by atoms with van der Waals surface area (Å²) in [5, 5.41) is -0.285. The van der Waals surface area contributed by atoms with Crippen LogP contribution in [0.1, 0.15) is 45.4 Å². The molecule has 0 aliphatic rings. The van der Waals surface area contributed by atoms with E-state index in [9.17, 15) is 4.79 Å². The molecule has 1 rings (SSSR count). The molecule has 0 amide bonds. The van der Waals surface area contributed by atoms with E-state index in [1.54, 1.807) is 0 Å². The van der Waals surface area contributed by atoms with Crippen LogP contribution in [0.25, 0.3) is 0 Å². The van der Waals surface area contributed by atoms with Crippen LogP contribution < -0.4 is 4.74 Å². The standard InChI is InChI=1S/C15H21ClO2/c1-2-3-5-8-14(11-12-15(16)17)18-13-9-6-4-7-10-13/h4,6-7,9-10,14H,2-3,5,8,11-12H2,1H3. The van der Waals surface area contributed by atoms with Gasteiger partial charge in [0.15, 0.2) is 0 Å². The molecule has 0 aromatic heterocycles. The van der Waals surface area contributed by atoms with Crippen molar-refractivity contribution >= 4 is 16.8 Å². The molecule has 2 nitrogen and oxygen atoms in total. The fourth-order valence-corrected chi connectivity index (χ4v) is 1.96. The van der Waals surface area contributed by atoms with Crippen molar-refractivity contribution in [1.29, 1.82) is 0 Å². The van der Waals surface area contributed by atoms with E-state index in [1.807, 2.05) is 30.3 Å². The first kappa shape index (κ1) is 15.0. The fraction of sp³-hybridized carbons (Fsp3) is 0.533. The monoisotopic (exact) mass is 268 g/mol. The lowest BCUT2D eigenvalue weighted by Gasteiger charge is -2.18. The number of carbonyl (C=O) groups is 1. The van der Waals surface area contributed by atoms with Crippen LogP contribution in [-0.2, 0) is 4.79 Å². The molecule has 0 aliphatic carbocycles. The number of hydrogen-bond donors (Lipinski definition) is 0. The Labute approximate surface area is 114 Å². The second-order valence-electron chi connectivity index (χ2n) is 4.44. The lowest BCUT2D eigenvalue weighted by Crippen LogP contribution is -2.17. The Balaban J connectivity index is 2.45. The average molecular weight is 269 g/mol. The molecule has 0 fully saturated rings. The lowest BCUT2D eigenvalue weighted by molar-refractivity contribution is -0.112. The minimum atomic E-state index is -0.285. The number of ether oxygens (including phenoxy) is 1. The molecule has 1 unspecified atom stereocenters. The first-order valence-electron chi connectivity index (χ1n) is 6.62. The number of unbranched alkanes of at least 4 members (excludes halogenated alkanes) is 2. The zero-order valence-corrected chi connectivity index (χ0v) is 11.7. The molecule has 0 aliphatic heterocycles. The van der Waals surface area contributed by atoms with Crippen LogP contribution in [0.3, 0.4) is 0 Å². The van der Waals surface area contributed by atoms with E-state index in [1.165, 1.54) is 12.8 Å². The number of hydrogen-bond acceptors (Lipinski definition) is 2. The maximum absolute atomic E-state index is 10.8. The minimum Gasteiger partial charge on any atom is -0.490 e. The molecule has 0 saturated carbocycles. The highest BCUT2D eigenvalue weighted by molar-refractivity contribution is 6.63. The van der Waals surface area contributed by atoms with Crippen LogP contribution in [0.5, 0.6) is 5.75 Å². The van der Waals surface area contributed by atoms with Crippen molar-refractivity contribution in [2.75, 3.05) is 0 Å². The summed E-state index contributed by atoms with van der Waals surface area (Å²) in [5.41, 5.74) is 0. The maximum Gasteiger partial charge on any atom is 0.221 e. The summed E-state index contributed by atoms with van der Waals surface area (Å²) in [6.07, 6.45) is 5.65. The lowest BCUT2D eigenvalue weighted by atomic mass is 10.1. The number of benzene rings is 1. The number of halogens is 1. The molecule has 0 N–H and O–H groups in total. The molecule has 18 heavy (non-hydrogen) atoms. The topological polar surface area (TPSA) is 26.3 Å². The van der Waals surface area contributed by atoms with Gasteiger partial charge in [-0.25, -0.2) is 0 Å². The molecule has 1 aromatic rings. The zero-order valence-electron chi connectivity index (χ0n) is 10.9. The molecular formula is C15H21ClO2. The molecule has 3 heteroatoms. The second-order valence-corrected chi connectivity index (χ2v) is 4.86. The predicted octanol–water partition coefficient (Wildman–Crippen LogP) is 4.56. The summed E-state index contributed by atoms with van der Waals surface area (Å²) < 4.78 is 5.90. The van der Waals surface area contributed by atoms with Gasteiger partial charge in [0.25, 0.3) is 0 Å². The summed E-state index contributed by atoms with van der Waals surface area (Å²) in [6.45, 7) is 2.18. The van der Waals surface area contributed by atoms with Crippen LogP contribution in [0.4, 0.5) is 0 Å². The van der Waals surface area contributed by atoms with E-state index in [0.29, 0.717) is 12.8 Å². The normalized spacial score (nSPS) is 12.1. The number of carbonyl (C=O) groups excluding carboxylic acids is 1. The van der Waals surface area contributed by atoms with Gasteiger partial charge in [-0.05, 0) is 43.0 Å². The smallest absolute Gasteiger partial charge is 0.221 e. The van der Waals surface area contributed by atoms with Crippen molar-refractivity contribution < 1.29 is 9.53 Å². The Kier molecular flexibility index (Phi) is 7.51. The van der Waals surface area contributed by atoms with Gasteiger partial charge >= 0.3 is 0 Å². The summed E-state index contributed by atoms with van der Waals surface area (Å²) >= 11 is 5.39. The third-order valence-corrected chi connectivity index (χ3v) is 3.03. The van der Waals surface area contributed by atoms with Crippen molar-refractivity contribution in [3.05, 3.63) is 30.3 Å². The summed E-state index contributed by atoms with van der Waals surface area (Å²) in [7, 11) is 0. The quantitative estimate of drug-likeness (QED) is 0.485. The van der Waals surface area contributed by atoms with Gasteiger partial charge in [0.2, 0.25) is 5.24 Å². The van der Waals surface area contributed by atoms with Gasteiger partial charge < -0.3 is 4.74 Å². The van der Waals surface area contributed by atoms with Crippen molar-refractivity contribution in [3.63, 3.8) is 0 Å². The molecule has 0 spiro atoms. The van der Waals surface area contributed by atoms with Gasteiger partial charge in [-0.1, -0.05) is 38.0 Å². The summed E-state index contributed by atoms with van der Waals surface area (Å²) in [5.74, 6) is 0.862. The molecule has 1 atom stereocenters. The third kappa shape index (κ3) is 6.65. The van der Waals surface area contributed by atoms with Gasteiger partial charge in [-0.2, -0.15) is 0 Å². The van der Waals surface area contributed by atoms with E-state index in [-0.39, 0.29) is 11.3 Å². The van der Waals surface area contributed by atoms with Gasteiger partial charge in [-0.3, -0.25) is 4.79 Å². The van der Waals surface area contributed by atoms with Crippen molar-refractivity contribution in [3.8, 4) is 5.75 Å².